The molecule has 3 aromatic carbocycles. The predicted octanol–water partition coefficient (Wildman–Crippen LogP) is 4.89. The van der Waals surface area contributed by atoms with Crippen LogP contribution in [0.1, 0.15) is 42.5 Å². The van der Waals surface area contributed by atoms with Crippen LogP contribution in [0.2, 0.25) is 0 Å². The van der Waals surface area contributed by atoms with Gasteiger partial charge in [-0.15, -0.1) is 0 Å². The Bertz CT molecular complexity index is 1420. The van der Waals surface area contributed by atoms with Crippen molar-refractivity contribution in [2.45, 2.75) is 58.5 Å². The lowest BCUT2D eigenvalue weighted by molar-refractivity contribution is -0.139. The molecule has 0 saturated heterocycles. The average Bonchev–Trinajstić information content (AvgIpc) is 2.90. The van der Waals surface area contributed by atoms with Gasteiger partial charge in [-0.25, -0.2) is 12.8 Å². The number of rotatable bonds is 11. The summed E-state index contributed by atoms with van der Waals surface area (Å²) in [5.74, 6) is -1.55. The summed E-state index contributed by atoms with van der Waals surface area (Å²) in [4.78, 5) is 28.0. The van der Waals surface area contributed by atoms with Crippen molar-refractivity contribution in [3.05, 3.63) is 94.8 Å². The fourth-order valence-corrected chi connectivity index (χ4v) is 5.70. The van der Waals surface area contributed by atoms with E-state index >= 15 is 0 Å². The number of nitrogens with zero attached hydrogens (tertiary/aromatic N) is 2. The van der Waals surface area contributed by atoms with Crippen LogP contribution in [-0.4, -0.2) is 44.3 Å². The molecule has 2 amide bonds. The third-order valence-corrected chi connectivity index (χ3v) is 8.30. The molecule has 0 bridgehead atoms. The normalized spacial score (nSPS) is 12.1. The van der Waals surface area contributed by atoms with Crippen LogP contribution in [0.4, 0.5) is 10.1 Å². The first-order chi connectivity index (χ1) is 18.4. The maximum atomic E-state index is 14.6. The van der Waals surface area contributed by atoms with Crippen LogP contribution in [0.3, 0.4) is 0 Å². The van der Waals surface area contributed by atoms with Crippen molar-refractivity contribution in [3.8, 4) is 0 Å². The SMILES string of the molecule is CCCNC(=O)C(C)N(Cc1ccccc1F)C(=O)CN(c1ccc(C)cc1C)S(=O)(=O)c1ccc(C)cc1. The summed E-state index contributed by atoms with van der Waals surface area (Å²) < 4.78 is 43.5. The maximum Gasteiger partial charge on any atom is 0.264 e. The number of benzene rings is 3. The Hall–Kier alpha value is -3.72. The number of hydrogen-bond acceptors (Lipinski definition) is 4. The molecule has 7 nitrogen and oxygen atoms in total. The molecule has 0 aliphatic heterocycles. The molecule has 3 aromatic rings. The van der Waals surface area contributed by atoms with E-state index in [4.69, 9.17) is 0 Å². The molecule has 9 heteroatoms. The first kappa shape index (κ1) is 29.8. The number of hydrogen-bond donors (Lipinski definition) is 1. The van der Waals surface area contributed by atoms with Gasteiger partial charge in [0.25, 0.3) is 10.0 Å². The third-order valence-electron chi connectivity index (χ3n) is 6.52. The molecule has 0 aliphatic rings. The van der Waals surface area contributed by atoms with Gasteiger partial charge in [0.15, 0.2) is 0 Å². The lowest BCUT2D eigenvalue weighted by atomic mass is 10.1. The van der Waals surface area contributed by atoms with Crippen molar-refractivity contribution in [2.24, 2.45) is 0 Å². The highest BCUT2D eigenvalue weighted by molar-refractivity contribution is 7.92. The van der Waals surface area contributed by atoms with Gasteiger partial charge in [0.05, 0.1) is 10.6 Å². The van der Waals surface area contributed by atoms with Crippen molar-refractivity contribution in [3.63, 3.8) is 0 Å². The summed E-state index contributed by atoms with van der Waals surface area (Å²) in [6.45, 7) is 8.65. The molecular weight excluding hydrogens is 517 g/mol. The lowest BCUT2D eigenvalue weighted by Gasteiger charge is -2.32. The lowest BCUT2D eigenvalue weighted by Crippen LogP contribution is -2.51. The summed E-state index contributed by atoms with van der Waals surface area (Å²) in [5, 5.41) is 2.77. The minimum absolute atomic E-state index is 0.0373. The van der Waals surface area contributed by atoms with Gasteiger partial charge in [-0.05, 0) is 63.9 Å². The molecule has 0 spiro atoms. The fourth-order valence-electron chi connectivity index (χ4n) is 4.22. The van der Waals surface area contributed by atoms with E-state index in [0.29, 0.717) is 24.2 Å². The van der Waals surface area contributed by atoms with E-state index in [0.717, 1.165) is 15.4 Å². The zero-order chi connectivity index (χ0) is 28.7. The molecule has 0 heterocycles. The number of nitrogens with one attached hydrogen (secondary N) is 1. The second kappa shape index (κ2) is 12.9. The van der Waals surface area contributed by atoms with E-state index in [1.54, 1.807) is 50.2 Å². The average molecular weight is 554 g/mol. The Morgan fingerprint density at radius 1 is 0.949 bits per heavy atom. The van der Waals surface area contributed by atoms with E-state index in [9.17, 15) is 22.4 Å². The van der Waals surface area contributed by atoms with E-state index in [1.165, 1.54) is 29.2 Å². The van der Waals surface area contributed by atoms with Crippen molar-refractivity contribution in [1.29, 1.82) is 0 Å². The second-order valence-electron chi connectivity index (χ2n) is 9.69. The van der Waals surface area contributed by atoms with Gasteiger partial charge in [0, 0.05) is 18.7 Å². The minimum Gasteiger partial charge on any atom is -0.354 e. The van der Waals surface area contributed by atoms with Crippen LogP contribution in [-0.2, 0) is 26.2 Å². The van der Waals surface area contributed by atoms with E-state index < -0.39 is 40.2 Å². The highest BCUT2D eigenvalue weighted by Crippen LogP contribution is 2.28. The minimum atomic E-state index is -4.16. The smallest absolute Gasteiger partial charge is 0.264 e. The number of aryl methyl sites for hydroxylation is 3. The molecule has 0 radical (unpaired) electrons. The van der Waals surface area contributed by atoms with Crippen LogP contribution < -0.4 is 9.62 Å². The number of anilines is 1. The zero-order valence-electron chi connectivity index (χ0n) is 23.1. The number of halogens is 1. The molecule has 0 saturated carbocycles. The monoisotopic (exact) mass is 553 g/mol. The van der Waals surface area contributed by atoms with Gasteiger partial charge in [-0.2, -0.15) is 0 Å². The van der Waals surface area contributed by atoms with Crippen LogP contribution in [0.5, 0.6) is 0 Å². The first-order valence-electron chi connectivity index (χ1n) is 12.9. The molecule has 0 aromatic heterocycles. The summed E-state index contributed by atoms with van der Waals surface area (Å²) >= 11 is 0. The Labute approximate surface area is 230 Å². The number of sulfonamides is 1. The molecule has 39 heavy (non-hydrogen) atoms. The quantitative estimate of drug-likeness (QED) is 0.366. The summed E-state index contributed by atoms with van der Waals surface area (Å²) in [5.41, 5.74) is 3.08. The van der Waals surface area contributed by atoms with Gasteiger partial charge < -0.3 is 10.2 Å². The maximum absolute atomic E-state index is 14.6. The molecule has 3 rings (SSSR count). The van der Waals surface area contributed by atoms with Crippen LogP contribution in [0.25, 0.3) is 0 Å². The second-order valence-corrected chi connectivity index (χ2v) is 11.6. The Morgan fingerprint density at radius 2 is 1.59 bits per heavy atom. The zero-order valence-corrected chi connectivity index (χ0v) is 23.9. The number of carbonyl (C=O) groups excluding carboxylic acids is 2. The molecule has 208 valence electrons. The van der Waals surface area contributed by atoms with Crippen molar-refractivity contribution >= 4 is 27.5 Å². The topological polar surface area (TPSA) is 86.8 Å². The Kier molecular flexibility index (Phi) is 9.86. The van der Waals surface area contributed by atoms with Gasteiger partial charge in [-0.1, -0.05) is 60.5 Å². The van der Waals surface area contributed by atoms with Crippen LogP contribution in [0, 0.1) is 26.6 Å². The van der Waals surface area contributed by atoms with Gasteiger partial charge in [0.1, 0.15) is 18.4 Å². The van der Waals surface area contributed by atoms with Gasteiger partial charge in [-0.3, -0.25) is 13.9 Å². The highest BCUT2D eigenvalue weighted by Gasteiger charge is 2.33. The van der Waals surface area contributed by atoms with Gasteiger partial charge >= 0.3 is 0 Å². The van der Waals surface area contributed by atoms with Crippen LogP contribution in [0.15, 0.2) is 71.6 Å². The van der Waals surface area contributed by atoms with Crippen molar-refractivity contribution in [2.75, 3.05) is 17.4 Å². The summed E-state index contributed by atoms with van der Waals surface area (Å²) in [7, 11) is -4.16. The molecule has 0 aliphatic carbocycles. The van der Waals surface area contributed by atoms with E-state index in [1.807, 2.05) is 26.8 Å². The largest absolute Gasteiger partial charge is 0.354 e. The van der Waals surface area contributed by atoms with Crippen molar-refractivity contribution in [1.82, 2.24) is 10.2 Å². The van der Waals surface area contributed by atoms with E-state index in [2.05, 4.69) is 5.32 Å². The Balaban J connectivity index is 2.06. The summed E-state index contributed by atoms with van der Waals surface area (Å²) in [6, 6.07) is 16.7. The van der Waals surface area contributed by atoms with Crippen LogP contribution >= 0.6 is 0 Å². The van der Waals surface area contributed by atoms with Crippen molar-refractivity contribution < 1.29 is 22.4 Å². The van der Waals surface area contributed by atoms with E-state index in [-0.39, 0.29) is 17.0 Å². The summed E-state index contributed by atoms with van der Waals surface area (Å²) in [6.07, 6.45) is 0.703. The molecule has 0 fully saturated rings. The third kappa shape index (κ3) is 7.23. The standard InChI is InChI=1S/C30H36FN3O4S/c1-6-17-32-30(36)24(5)33(19-25-9-7-8-10-27(25)31)29(35)20-34(28-16-13-22(3)18-23(28)4)39(37,38)26-14-11-21(2)12-15-26/h7-16,18,24H,6,17,19-20H2,1-5H3,(H,32,36). The van der Waals surface area contributed by atoms with Gasteiger partial charge in [0.2, 0.25) is 11.8 Å². The molecule has 1 atom stereocenters. The number of amides is 2. The fraction of sp³-hybridized carbons (Fsp3) is 0.333. The molecule has 1 unspecified atom stereocenters. The predicted molar refractivity (Wildman–Crippen MR) is 151 cm³/mol. The highest BCUT2D eigenvalue weighted by atomic mass is 32.2. The first-order valence-corrected chi connectivity index (χ1v) is 14.4. The molecular formula is C30H36FN3O4S. The molecule has 1 N–H and O–H groups in total. The number of carbonyl (C=O) groups is 2. The Morgan fingerprint density at radius 3 is 2.21 bits per heavy atom.